The molecule has 0 amide bonds. The number of benzene rings is 1. The fraction of sp³-hybridized carbons (Fsp3) is 0.125. The second kappa shape index (κ2) is 4.16. The van der Waals surface area contributed by atoms with Crippen molar-refractivity contribution < 1.29 is 13.2 Å². The summed E-state index contributed by atoms with van der Waals surface area (Å²) < 4.78 is 37.0. The lowest BCUT2D eigenvalue weighted by Crippen LogP contribution is -2.07. The highest BCUT2D eigenvalue weighted by Crippen LogP contribution is 2.32. The Kier molecular flexibility index (Phi) is 3.35. The molecular weight excluding hydrogens is 308 g/mol. The predicted molar refractivity (Wildman–Crippen MR) is 55.9 cm³/mol. The molecule has 6 heteroatoms. The van der Waals surface area contributed by atoms with Crippen molar-refractivity contribution in [3.8, 4) is 0 Å². The Labute approximate surface area is 92.1 Å². The highest BCUT2D eigenvalue weighted by molar-refractivity contribution is 14.1. The van der Waals surface area contributed by atoms with Gasteiger partial charge < -0.3 is 5.84 Å². The lowest BCUT2D eigenvalue weighted by atomic mass is 10.1. The van der Waals surface area contributed by atoms with Gasteiger partial charge in [0.1, 0.15) is 0 Å². The predicted octanol–water partition coefficient (Wildman–Crippen LogP) is 2.60. The summed E-state index contributed by atoms with van der Waals surface area (Å²) in [6.45, 7) is 0. The molecule has 0 radical (unpaired) electrons. The van der Waals surface area contributed by atoms with E-state index in [9.17, 15) is 13.2 Å². The second-order valence-corrected chi connectivity index (χ2v) is 3.68. The van der Waals surface area contributed by atoms with Gasteiger partial charge >= 0.3 is 6.18 Å². The van der Waals surface area contributed by atoms with Gasteiger partial charge in [0, 0.05) is 3.57 Å². The van der Waals surface area contributed by atoms with E-state index < -0.39 is 11.7 Å². The molecule has 1 aromatic rings. The number of hydrogen-bond donors (Lipinski definition) is 1. The van der Waals surface area contributed by atoms with E-state index in [1.807, 2.05) is 0 Å². The van der Waals surface area contributed by atoms with Crippen molar-refractivity contribution in [3.63, 3.8) is 0 Å². The minimum absolute atomic E-state index is 0.132. The van der Waals surface area contributed by atoms with Crippen molar-refractivity contribution >= 4 is 28.8 Å². The van der Waals surface area contributed by atoms with Gasteiger partial charge in [-0.3, -0.25) is 0 Å². The van der Waals surface area contributed by atoms with E-state index in [0.29, 0.717) is 5.56 Å². The molecule has 0 atom stereocenters. The Hall–Kier alpha value is -0.790. The summed E-state index contributed by atoms with van der Waals surface area (Å²) in [6, 6.07) is 3.71. The number of hydrazone groups is 1. The van der Waals surface area contributed by atoms with E-state index in [0.717, 1.165) is 6.07 Å². The third-order valence-corrected chi connectivity index (χ3v) is 2.41. The van der Waals surface area contributed by atoms with Crippen LogP contribution < -0.4 is 5.84 Å². The molecule has 0 spiro atoms. The van der Waals surface area contributed by atoms with Crippen LogP contribution in [0.3, 0.4) is 0 Å². The maximum absolute atomic E-state index is 12.3. The van der Waals surface area contributed by atoms with E-state index in [-0.39, 0.29) is 3.57 Å². The summed E-state index contributed by atoms with van der Waals surface area (Å²) in [4.78, 5) is 0. The van der Waals surface area contributed by atoms with Gasteiger partial charge in [0.25, 0.3) is 0 Å². The van der Waals surface area contributed by atoms with E-state index in [1.165, 1.54) is 18.3 Å². The minimum Gasteiger partial charge on any atom is -0.323 e. The maximum atomic E-state index is 12.3. The molecule has 0 aliphatic heterocycles. The number of halogens is 4. The Morgan fingerprint density at radius 2 is 2.00 bits per heavy atom. The normalized spacial score (nSPS) is 12.3. The molecule has 1 rings (SSSR count). The molecule has 0 aliphatic carbocycles. The fourth-order valence-corrected chi connectivity index (χ4v) is 1.77. The van der Waals surface area contributed by atoms with Crippen LogP contribution >= 0.6 is 22.6 Å². The number of hydrogen-bond acceptors (Lipinski definition) is 2. The zero-order valence-electron chi connectivity index (χ0n) is 6.85. The first kappa shape index (κ1) is 11.3. The molecule has 2 nitrogen and oxygen atoms in total. The highest BCUT2D eigenvalue weighted by atomic mass is 127. The highest BCUT2D eigenvalue weighted by Gasteiger charge is 2.32. The number of nitrogens with zero attached hydrogens (tertiary/aromatic N) is 1. The standard InChI is InChI=1S/C8H6F3IN2/c9-8(10,11)6-2-1-5(4-14-13)3-7(6)12/h1-4H,13H2. The zero-order chi connectivity index (χ0) is 10.8. The van der Waals surface area contributed by atoms with Crippen LogP contribution in [0.2, 0.25) is 0 Å². The van der Waals surface area contributed by atoms with Crippen LogP contribution in [0.25, 0.3) is 0 Å². The van der Waals surface area contributed by atoms with Gasteiger partial charge in [-0.1, -0.05) is 6.07 Å². The van der Waals surface area contributed by atoms with Crippen LogP contribution in [0, 0.1) is 3.57 Å². The van der Waals surface area contributed by atoms with Gasteiger partial charge in [0.15, 0.2) is 0 Å². The minimum atomic E-state index is -4.31. The van der Waals surface area contributed by atoms with Gasteiger partial charge in [-0.25, -0.2) is 0 Å². The van der Waals surface area contributed by atoms with Crippen LogP contribution in [-0.4, -0.2) is 6.21 Å². The van der Waals surface area contributed by atoms with Crippen LogP contribution in [0.15, 0.2) is 23.3 Å². The molecule has 0 bridgehead atoms. The smallest absolute Gasteiger partial charge is 0.323 e. The lowest BCUT2D eigenvalue weighted by molar-refractivity contribution is -0.138. The Bertz CT molecular complexity index is 360. The Morgan fingerprint density at radius 3 is 2.43 bits per heavy atom. The van der Waals surface area contributed by atoms with Crippen molar-refractivity contribution in [1.82, 2.24) is 0 Å². The molecule has 0 aliphatic rings. The molecule has 0 unspecified atom stereocenters. The fourth-order valence-electron chi connectivity index (χ4n) is 0.928. The van der Waals surface area contributed by atoms with E-state index in [1.54, 1.807) is 22.6 Å². The molecule has 2 N–H and O–H groups in total. The van der Waals surface area contributed by atoms with E-state index in [2.05, 4.69) is 5.10 Å². The molecular formula is C8H6F3IN2. The molecule has 0 saturated heterocycles. The van der Waals surface area contributed by atoms with Crippen molar-refractivity contribution in [3.05, 3.63) is 32.9 Å². The summed E-state index contributed by atoms with van der Waals surface area (Å²) in [6.07, 6.45) is -3.02. The number of nitrogens with two attached hydrogens (primary N) is 1. The number of rotatable bonds is 1. The van der Waals surface area contributed by atoms with Crippen LogP contribution in [-0.2, 0) is 6.18 Å². The van der Waals surface area contributed by atoms with Gasteiger partial charge in [0.05, 0.1) is 11.8 Å². The summed E-state index contributed by atoms with van der Waals surface area (Å²) in [5, 5.41) is 3.23. The Balaban J connectivity index is 3.14. The number of alkyl halides is 3. The lowest BCUT2D eigenvalue weighted by Gasteiger charge is -2.08. The Morgan fingerprint density at radius 1 is 1.36 bits per heavy atom. The van der Waals surface area contributed by atoms with Gasteiger partial charge in [-0.05, 0) is 40.3 Å². The second-order valence-electron chi connectivity index (χ2n) is 2.52. The maximum Gasteiger partial charge on any atom is 0.417 e. The SMILES string of the molecule is NN=Cc1ccc(C(F)(F)F)c(I)c1. The van der Waals surface area contributed by atoms with Crippen molar-refractivity contribution in [2.24, 2.45) is 10.9 Å². The average molecular weight is 314 g/mol. The summed E-state index contributed by atoms with van der Waals surface area (Å²) in [5.74, 6) is 4.88. The molecule has 14 heavy (non-hydrogen) atoms. The summed E-state index contributed by atoms with van der Waals surface area (Å²) >= 11 is 1.63. The van der Waals surface area contributed by atoms with Gasteiger partial charge in [0.2, 0.25) is 0 Å². The largest absolute Gasteiger partial charge is 0.417 e. The monoisotopic (exact) mass is 314 g/mol. The van der Waals surface area contributed by atoms with Crippen molar-refractivity contribution in [2.75, 3.05) is 0 Å². The quantitative estimate of drug-likeness (QED) is 0.368. The van der Waals surface area contributed by atoms with Gasteiger partial charge in [-0.15, -0.1) is 0 Å². The first-order valence-electron chi connectivity index (χ1n) is 3.55. The molecule has 1 aromatic carbocycles. The molecule has 76 valence electrons. The van der Waals surface area contributed by atoms with Crippen LogP contribution in [0.5, 0.6) is 0 Å². The first-order chi connectivity index (χ1) is 6.45. The third-order valence-electron chi connectivity index (χ3n) is 1.52. The van der Waals surface area contributed by atoms with E-state index in [4.69, 9.17) is 5.84 Å². The zero-order valence-corrected chi connectivity index (χ0v) is 9.00. The van der Waals surface area contributed by atoms with Crippen LogP contribution in [0.4, 0.5) is 13.2 Å². The summed E-state index contributed by atoms with van der Waals surface area (Å²) in [5.41, 5.74) is -0.0998. The molecule has 0 aromatic heterocycles. The first-order valence-corrected chi connectivity index (χ1v) is 4.63. The molecule has 0 saturated carbocycles. The molecule has 0 heterocycles. The van der Waals surface area contributed by atoms with E-state index >= 15 is 0 Å². The third kappa shape index (κ3) is 2.60. The van der Waals surface area contributed by atoms with Crippen LogP contribution in [0.1, 0.15) is 11.1 Å². The van der Waals surface area contributed by atoms with Crippen molar-refractivity contribution in [2.45, 2.75) is 6.18 Å². The topological polar surface area (TPSA) is 38.4 Å². The molecule has 0 fully saturated rings. The van der Waals surface area contributed by atoms with Gasteiger partial charge in [-0.2, -0.15) is 18.3 Å². The van der Waals surface area contributed by atoms with Crippen molar-refractivity contribution in [1.29, 1.82) is 0 Å². The summed E-state index contributed by atoms with van der Waals surface area (Å²) in [7, 11) is 0. The average Bonchev–Trinajstić information content (AvgIpc) is 2.02.